The molecule has 0 radical (unpaired) electrons. The zero-order valence-corrected chi connectivity index (χ0v) is 12.4. The van der Waals surface area contributed by atoms with Gasteiger partial charge in [-0.25, -0.2) is 0 Å². The molecule has 1 saturated carbocycles. The highest BCUT2D eigenvalue weighted by Crippen LogP contribution is 2.23. The number of aromatic nitrogens is 1. The molecule has 1 aliphatic rings. The molecule has 106 valence electrons. The molecular formula is C16H26N2O. The van der Waals surface area contributed by atoms with Crippen LogP contribution in [0.5, 0.6) is 5.75 Å². The van der Waals surface area contributed by atoms with E-state index in [1.807, 2.05) is 13.1 Å². The smallest absolute Gasteiger partial charge is 0.127 e. The van der Waals surface area contributed by atoms with Gasteiger partial charge in [-0.1, -0.05) is 20.3 Å². The maximum atomic E-state index is 6.01. The second kappa shape index (κ2) is 6.90. The minimum atomic E-state index is 0.614. The number of ether oxygens (including phenoxy) is 1. The van der Waals surface area contributed by atoms with Gasteiger partial charge in [0, 0.05) is 36.1 Å². The van der Waals surface area contributed by atoms with E-state index in [9.17, 15) is 0 Å². The van der Waals surface area contributed by atoms with Crippen LogP contribution >= 0.6 is 0 Å². The van der Waals surface area contributed by atoms with Gasteiger partial charge in [-0.3, -0.25) is 4.98 Å². The Bertz CT molecular complexity index is 402. The molecule has 1 unspecified atom stereocenters. The molecule has 1 atom stereocenters. The van der Waals surface area contributed by atoms with Gasteiger partial charge in [0.2, 0.25) is 0 Å². The van der Waals surface area contributed by atoms with E-state index in [4.69, 9.17) is 4.74 Å². The molecule has 2 rings (SSSR count). The van der Waals surface area contributed by atoms with Crippen LogP contribution in [0.2, 0.25) is 0 Å². The van der Waals surface area contributed by atoms with Crippen molar-refractivity contribution in [3.05, 3.63) is 23.5 Å². The molecule has 1 heterocycles. The minimum Gasteiger partial charge on any atom is -0.493 e. The van der Waals surface area contributed by atoms with Crippen molar-refractivity contribution in [1.82, 2.24) is 10.3 Å². The monoisotopic (exact) mass is 262 g/mol. The van der Waals surface area contributed by atoms with Crippen LogP contribution in [0.1, 0.15) is 50.8 Å². The summed E-state index contributed by atoms with van der Waals surface area (Å²) in [6.07, 6.45) is 7.01. The van der Waals surface area contributed by atoms with E-state index in [1.165, 1.54) is 31.2 Å². The average molecular weight is 262 g/mol. The summed E-state index contributed by atoms with van der Waals surface area (Å²) in [6, 6.07) is 2.77. The van der Waals surface area contributed by atoms with Crippen molar-refractivity contribution >= 4 is 0 Å². The van der Waals surface area contributed by atoms with Gasteiger partial charge in [0.15, 0.2) is 0 Å². The molecular weight excluding hydrogens is 236 g/mol. The Kier molecular flexibility index (Phi) is 5.20. The molecule has 0 spiro atoms. The SMILES string of the molecule is CCCC(C)COc1cc(C)ncc1CNC1CC1. The number of nitrogens with one attached hydrogen (secondary N) is 1. The lowest BCUT2D eigenvalue weighted by molar-refractivity contribution is 0.248. The molecule has 1 aromatic heterocycles. The molecule has 0 aliphatic heterocycles. The molecule has 1 fully saturated rings. The fourth-order valence-electron chi connectivity index (χ4n) is 2.18. The third-order valence-corrected chi connectivity index (χ3v) is 3.54. The lowest BCUT2D eigenvalue weighted by atomic mass is 10.1. The van der Waals surface area contributed by atoms with Gasteiger partial charge in [-0.05, 0) is 32.1 Å². The van der Waals surface area contributed by atoms with Gasteiger partial charge >= 0.3 is 0 Å². The second-order valence-corrected chi connectivity index (χ2v) is 5.79. The Morgan fingerprint density at radius 1 is 1.47 bits per heavy atom. The van der Waals surface area contributed by atoms with Crippen LogP contribution in [0.25, 0.3) is 0 Å². The van der Waals surface area contributed by atoms with Gasteiger partial charge < -0.3 is 10.1 Å². The van der Waals surface area contributed by atoms with Crippen molar-refractivity contribution in [2.24, 2.45) is 5.92 Å². The molecule has 0 saturated heterocycles. The first-order valence-corrected chi connectivity index (χ1v) is 7.50. The summed E-state index contributed by atoms with van der Waals surface area (Å²) < 4.78 is 6.01. The number of hydrogen-bond donors (Lipinski definition) is 1. The maximum Gasteiger partial charge on any atom is 0.127 e. The zero-order valence-electron chi connectivity index (χ0n) is 12.4. The van der Waals surface area contributed by atoms with Crippen molar-refractivity contribution in [2.75, 3.05) is 6.61 Å². The van der Waals surface area contributed by atoms with Crippen LogP contribution in [0.15, 0.2) is 12.3 Å². The summed E-state index contributed by atoms with van der Waals surface area (Å²) in [7, 11) is 0. The van der Waals surface area contributed by atoms with E-state index in [2.05, 4.69) is 30.2 Å². The van der Waals surface area contributed by atoms with Crippen molar-refractivity contribution < 1.29 is 4.74 Å². The topological polar surface area (TPSA) is 34.1 Å². The molecule has 0 amide bonds. The van der Waals surface area contributed by atoms with E-state index < -0.39 is 0 Å². The summed E-state index contributed by atoms with van der Waals surface area (Å²) >= 11 is 0. The molecule has 0 bridgehead atoms. The first kappa shape index (κ1) is 14.3. The van der Waals surface area contributed by atoms with E-state index in [0.717, 1.165) is 24.6 Å². The number of hydrogen-bond acceptors (Lipinski definition) is 3. The number of nitrogens with zero attached hydrogens (tertiary/aromatic N) is 1. The summed E-state index contributed by atoms with van der Waals surface area (Å²) in [4.78, 5) is 4.38. The van der Waals surface area contributed by atoms with Crippen LogP contribution in [0.4, 0.5) is 0 Å². The Hall–Kier alpha value is -1.09. The lowest BCUT2D eigenvalue weighted by Crippen LogP contribution is -2.17. The number of pyridine rings is 1. The fourth-order valence-corrected chi connectivity index (χ4v) is 2.18. The van der Waals surface area contributed by atoms with Crippen LogP contribution in [-0.4, -0.2) is 17.6 Å². The van der Waals surface area contributed by atoms with Gasteiger partial charge in [0.25, 0.3) is 0 Å². The summed E-state index contributed by atoms with van der Waals surface area (Å²) in [5.74, 6) is 1.62. The Balaban J connectivity index is 1.93. The lowest BCUT2D eigenvalue weighted by Gasteiger charge is -2.15. The molecule has 1 N–H and O–H groups in total. The predicted molar refractivity (Wildman–Crippen MR) is 78.4 cm³/mol. The average Bonchev–Trinajstić information content (AvgIpc) is 3.19. The zero-order chi connectivity index (χ0) is 13.7. The minimum absolute atomic E-state index is 0.614. The molecule has 1 aliphatic carbocycles. The predicted octanol–water partition coefficient (Wildman–Crippen LogP) is 3.46. The van der Waals surface area contributed by atoms with Crippen molar-refractivity contribution in [3.63, 3.8) is 0 Å². The summed E-state index contributed by atoms with van der Waals surface area (Å²) in [5, 5.41) is 3.53. The van der Waals surface area contributed by atoms with E-state index in [-0.39, 0.29) is 0 Å². The highest BCUT2D eigenvalue weighted by atomic mass is 16.5. The third kappa shape index (κ3) is 4.83. The van der Waals surface area contributed by atoms with Crippen LogP contribution in [0.3, 0.4) is 0 Å². The molecule has 3 nitrogen and oxygen atoms in total. The summed E-state index contributed by atoms with van der Waals surface area (Å²) in [6.45, 7) is 8.15. The molecule has 1 aromatic rings. The Morgan fingerprint density at radius 3 is 2.95 bits per heavy atom. The fraction of sp³-hybridized carbons (Fsp3) is 0.688. The highest BCUT2D eigenvalue weighted by Gasteiger charge is 2.20. The van der Waals surface area contributed by atoms with Crippen molar-refractivity contribution in [3.8, 4) is 5.75 Å². The van der Waals surface area contributed by atoms with Gasteiger partial charge in [0.05, 0.1) is 6.61 Å². The first-order chi connectivity index (χ1) is 9.19. The van der Waals surface area contributed by atoms with Crippen LogP contribution in [-0.2, 0) is 6.54 Å². The molecule has 19 heavy (non-hydrogen) atoms. The van der Waals surface area contributed by atoms with E-state index >= 15 is 0 Å². The third-order valence-electron chi connectivity index (χ3n) is 3.54. The van der Waals surface area contributed by atoms with Crippen LogP contribution < -0.4 is 10.1 Å². The quantitative estimate of drug-likeness (QED) is 0.779. The number of rotatable bonds is 8. The normalized spacial score (nSPS) is 16.4. The number of aryl methyl sites for hydroxylation is 1. The summed E-state index contributed by atoms with van der Waals surface area (Å²) in [5.41, 5.74) is 2.20. The van der Waals surface area contributed by atoms with Crippen molar-refractivity contribution in [1.29, 1.82) is 0 Å². The van der Waals surface area contributed by atoms with Gasteiger partial charge in [0.1, 0.15) is 5.75 Å². The Morgan fingerprint density at radius 2 is 2.26 bits per heavy atom. The standard InChI is InChI=1S/C16H26N2O/c1-4-5-12(2)11-19-16-8-13(3)17-9-14(16)10-18-15-6-7-15/h8-9,12,15,18H,4-7,10-11H2,1-3H3. The van der Waals surface area contributed by atoms with Crippen LogP contribution in [0, 0.1) is 12.8 Å². The first-order valence-electron chi connectivity index (χ1n) is 7.50. The molecule has 0 aromatic carbocycles. The van der Waals surface area contributed by atoms with Gasteiger partial charge in [-0.2, -0.15) is 0 Å². The van der Waals surface area contributed by atoms with Crippen molar-refractivity contribution in [2.45, 2.75) is 59.0 Å². The Labute approximate surface area is 116 Å². The molecule has 3 heteroatoms. The van der Waals surface area contributed by atoms with E-state index in [1.54, 1.807) is 0 Å². The van der Waals surface area contributed by atoms with Gasteiger partial charge in [-0.15, -0.1) is 0 Å². The highest BCUT2D eigenvalue weighted by molar-refractivity contribution is 5.33. The van der Waals surface area contributed by atoms with E-state index in [0.29, 0.717) is 12.0 Å². The maximum absolute atomic E-state index is 6.01. The largest absolute Gasteiger partial charge is 0.493 e. The second-order valence-electron chi connectivity index (χ2n) is 5.79.